The SMILES string of the molecule is C=C(C)C(=O)NCCCNCc1ccc(C(=C\C=C2/N(CCCS(=O)(=O)O)c3ccc4c(S(=O)(=O)O)cc(S(=O)(=O)O)cc4c3C2(C)C)/C=C/C2N(CCCS(=O)(=O)O)c3ccc4c(S(=O)(=O)O)cc(S(=O)(=O)O)cc4c3C2(C)C)cc1.[H-].[Na+]. The summed E-state index contributed by atoms with van der Waals surface area (Å²) in [6, 6.07) is 15.6. The largest absolute Gasteiger partial charge is 1.00 e. The topological polar surface area (TPSA) is 374 Å². The zero-order valence-electron chi connectivity index (χ0n) is 46.9. The van der Waals surface area contributed by atoms with Crippen molar-refractivity contribution in [3.63, 3.8) is 0 Å². The zero-order valence-corrected chi connectivity index (χ0v) is 52.8. The van der Waals surface area contributed by atoms with Crippen molar-refractivity contribution in [1.29, 1.82) is 0 Å². The number of benzene rings is 5. The molecule has 2 aliphatic heterocycles. The molecule has 0 aliphatic carbocycles. The van der Waals surface area contributed by atoms with E-state index >= 15 is 0 Å². The Morgan fingerprint density at radius 1 is 0.639 bits per heavy atom. The molecule has 23 nitrogen and oxygen atoms in total. The normalized spacial score (nSPS) is 17.1. The third-order valence-corrected chi connectivity index (χ3v) is 19.5. The van der Waals surface area contributed by atoms with Gasteiger partial charge in [-0.1, -0.05) is 88.9 Å². The number of rotatable bonds is 23. The van der Waals surface area contributed by atoms with Crippen LogP contribution in [0.15, 0.2) is 135 Å². The summed E-state index contributed by atoms with van der Waals surface area (Å²) in [7, 11) is -29.4. The Morgan fingerprint density at radius 3 is 1.64 bits per heavy atom. The van der Waals surface area contributed by atoms with Crippen molar-refractivity contribution in [1.82, 2.24) is 10.6 Å². The van der Waals surface area contributed by atoms with E-state index in [9.17, 15) is 82.6 Å². The number of fused-ring (bicyclic) bond motifs is 6. The van der Waals surface area contributed by atoms with Crippen LogP contribution in [0.3, 0.4) is 0 Å². The van der Waals surface area contributed by atoms with Gasteiger partial charge in [0.05, 0.1) is 27.3 Å². The summed E-state index contributed by atoms with van der Waals surface area (Å²) in [5, 5.41) is 5.90. The molecule has 83 heavy (non-hydrogen) atoms. The standard InChI is InChI=1S/C53H62N4O19S6.Na.H/c1-33(2)51(58)55-23-7-22-54-32-34-10-12-35(13-11-34)36(14-20-47-52(3,4)49-41-28-37(79(65,66)67)30-45(81(71,72)73)39(41)16-18-43(49)56(47)24-8-26-77(59,60)61)15-21-48-53(5,6)50-42-29-38(80(68,69)70)31-46(82(74,75)76)40(42)17-19-44(50)57(48)25-9-27-78(62,63)64;;/h10-21,28-31,47,54H,1,7-9,22-27,32H2,2-6H3,(H,55,58)(H,59,60,61)(H,62,63,64)(H,65,66,67)(H,68,69,70)(H,71,72,73)(H,74,75,76);;/q;+1;-1/b20-14+,36-15-,48-21-;;. The molecule has 0 saturated carbocycles. The Kier molecular flexibility index (Phi) is 20.1. The summed E-state index contributed by atoms with van der Waals surface area (Å²) in [6.07, 6.45) is 7.22. The van der Waals surface area contributed by atoms with Crippen LogP contribution in [-0.2, 0) is 82.9 Å². The summed E-state index contributed by atoms with van der Waals surface area (Å²) in [5.41, 5.74) is 1.73. The van der Waals surface area contributed by atoms with Gasteiger partial charge in [0.2, 0.25) is 5.91 Å². The number of hydrogen-bond acceptors (Lipinski definition) is 16. The van der Waals surface area contributed by atoms with E-state index in [0.717, 1.165) is 17.7 Å². The van der Waals surface area contributed by atoms with Crippen molar-refractivity contribution in [2.75, 3.05) is 47.5 Å². The minimum absolute atomic E-state index is 0. The summed E-state index contributed by atoms with van der Waals surface area (Å²) in [6.45, 7) is 13.4. The van der Waals surface area contributed by atoms with Crippen LogP contribution in [0.5, 0.6) is 0 Å². The molecule has 1 unspecified atom stereocenters. The fourth-order valence-electron chi connectivity index (χ4n) is 10.7. The van der Waals surface area contributed by atoms with Crippen molar-refractivity contribution < 1.29 is 114 Å². The maximum Gasteiger partial charge on any atom is 1.00 e. The molecule has 8 N–H and O–H groups in total. The summed E-state index contributed by atoms with van der Waals surface area (Å²) < 4.78 is 210. The number of nitrogens with zero attached hydrogens (tertiary/aromatic N) is 2. The molecule has 2 aliphatic rings. The van der Waals surface area contributed by atoms with Crippen LogP contribution in [0, 0.1) is 0 Å². The number of carbonyl (C=O) groups is 1. The van der Waals surface area contributed by atoms with E-state index in [2.05, 4.69) is 17.2 Å². The smallest absolute Gasteiger partial charge is 1.00 e. The third kappa shape index (κ3) is 15.4. The van der Waals surface area contributed by atoms with Crippen molar-refractivity contribution in [3.05, 3.63) is 137 Å². The molecule has 0 aromatic heterocycles. The molecule has 5 aromatic carbocycles. The summed E-state index contributed by atoms with van der Waals surface area (Å²) in [5.74, 6) is -1.60. The zero-order chi connectivity index (χ0) is 60.9. The Labute approximate surface area is 506 Å². The molecule has 2 heterocycles. The molecule has 0 saturated heterocycles. The average molecular weight is 1280 g/mol. The number of allylic oxidation sites excluding steroid dienone is 5. The van der Waals surface area contributed by atoms with Crippen LogP contribution in [0.4, 0.5) is 11.4 Å². The predicted molar refractivity (Wildman–Crippen MR) is 311 cm³/mol. The van der Waals surface area contributed by atoms with E-state index in [-0.39, 0.29) is 84.4 Å². The second-order valence-electron chi connectivity index (χ2n) is 21.1. The van der Waals surface area contributed by atoms with Crippen molar-refractivity contribution in [2.24, 2.45) is 0 Å². The first-order valence-corrected chi connectivity index (χ1v) is 34.1. The molecule has 30 heteroatoms. The van der Waals surface area contributed by atoms with Crippen LogP contribution in [-0.4, -0.2) is 127 Å². The van der Waals surface area contributed by atoms with Gasteiger partial charge in [-0.2, -0.15) is 50.5 Å². The fourth-order valence-corrected chi connectivity index (χ4v) is 14.4. The van der Waals surface area contributed by atoms with Crippen LogP contribution in [0.2, 0.25) is 0 Å². The van der Waals surface area contributed by atoms with Crippen LogP contribution >= 0.6 is 0 Å². The molecular formula is C53H63N4NaO19S6. The quantitative estimate of drug-likeness (QED) is 0.0152. The second kappa shape index (κ2) is 24.8. The molecule has 0 fully saturated rings. The second-order valence-corrected chi connectivity index (χ2v) is 29.8. The Morgan fingerprint density at radius 2 is 1.14 bits per heavy atom. The van der Waals surface area contributed by atoms with E-state index in [4.69, 9.17) is 0 Å². The van der Waals surface area contributed by atoms with Gasteiger partial charge in [0.15, 0.2) is 0 Å². The van der Waals surface area contributed by atoms with Crippen LogP contribution in [0.1, 0.15) is 77.6 Å². The molecule has 0 bridgehead atoms. The molecule has 1 atom stereocenters. The van der Waals surface area contributed by atoms with Gasteiger partial charge in [-0.15, -0.1) is 0 Å². The predicted octanol–water partition coefficient (Wildman–Crippen LogP) is 3.61. The molecule has 5 aromatic rings. The first-order chi connectivity index (χ1) is 37.7. The van der Waals surface area contributed by atoms with Gasteiger partial charge in [-0.05, 0) is 114 Å². The number of carbonyl (C=O) groups excluding carboxylic acids is 1. The van der Waals surface area contributed by atoms with Gasteiger partial charge in [0.25, 0.3) is 60.7 Å². The minimum atomic E-state index is -5.12. The Balaban J connectivity index is 0.00000645. The van der Waals surface area contributed by atoms with E-state index in [0.29, 0.717) is 83.1 Å². The van der Waals surface area contributed by atoms with Gasteiger partial charge in [0, 0.05) is 70.4 Å². The van der Waals surface area contributed by atoms with E-state index < -0.39 is 109 Å². The van der Waals surface area contributed by atoms with Gasteiger partial charge in [-0.3, -0.25) is 32.1 Å². The van der Waals surface area contributed by atoms with Crippen molar-refractivity contribution in [2.45, 2.75) is 96.9 Å². The number of anilines is 2. The van der Waals surface area contributed by atoms with E-state index in [1.807, 2.05) is 24.3 Å². The molecule has 0 radical (unpaired) electrons. The number of nitrogens with one attached hydrogen (secondary N) is 2. The van der Waals surface area contributed by atoms with Gasteiger partial charge in [0.1, 0.15) is 9.79 Å². The van der Waals surface area contributed by atoms with Crippen LogP contribution < -0.4 is 50.0 Å². The maximum atomic E-state index is 12.8. The maximum absolute atomic E-state index is 12.8. The van der Waals surface area contributed by atoms with Crippen molar-refractivity contribution in [3.8, 4) is 0 Å². The third-order valence-electron chi connectivity index (χ3n) is 14.4. The number of amides is 1. The minimum Gasteiger partial charge on any atom is -1.00 e. The molecule has 446 valence electrons. The molecule has 0 spiro atoms. The summed E-state index contributed by atoms with van der Waals surface area (Å²) >= 11 is 0. The molecule has 7 rings (SSSR count). The van der Waals surface area contributed by atoms with Gasteiger partial charge >= 0.3 is 29.6 Å². The Bertz CT molecular complexity index is 4250. The Hall–Kier alpha value is -4.93. The van der Waals surface area contributed by atoms with E-state index in [1.165, 1.54) is 24.3 Å². The summed E-state index contributed by atoms with van der Waals surface area (Å²) in [4.78, 5) is 12.1. The number of hydrogen-bond donors (Lipinski definition) is 8. The monoisotopic (exact) mass is 1270 g/mol. The van der Waals surface area contributed by atoms with Crippen LogP contribution in [0.25, 0.3) is 27.1 Å². The molecule has 1 amide bonds. The van der Waals surface area contributed by atoms with Crippen molar-refractivity contribution >= 4 is 105 Å². The fraction of sp³-hybridized carbons (Fsp3) is 0.340. The molecular weight excluding hydrogens is 1210 g/mol. The first kappa shape index (κ1) is 67.2. The average Bonchev–Trinajstić information content (AvgIpc) is 2.98. The first-order valence-electron chi connectivity index (χ1n) is 25.1. The van der Waals surface area contributed by atoms with E-state index in [1.54, 1.807) is 68.7 Å². The van der Waals surface area contributed by atoms with Gasteiger partial charge in [-0.25, -0.2) is 0 Å². The van der Waals surface area contributed by atoms with Gasteiger partial charge < -0.3 is 21.9 Å².